The molecule has 1 heterocycles. The second-order valence-electron chi connectivity index (χ2n) is 5.05. The van der Waals surface area contributed by atoms with Crippen molar-refractivity contribution in [3.8, 4) is 0 Å². The van der Waals surface area contributed by atoms with Crippen molar-refractivity contribution in [1.29, 1.82) is 0 Å². The molecule has 0 saturated heterocycles. The van der Waals surface area contributed by atoms with Gasteiger partial charge in [0.1, 0.15) is 0 Å². The first-order valence-electron chi connectivity index (χ1n) is 7.04. The van der Waals surface area contributed by atoms with E-state index in [4.69, 9.17) is 4.74 Å². The maximum atomic E-state index is 11.6. The molecule has 1 saturated carbocycles. The van der Waals surface area contributed by atoms with Crippen molar-refractivity contribution in [3.63, 3.8) is 0 Å². The minimum absolute atomic E-state index is 0.234. The number of nitrogens with zero attached hydrogens (tertiary/aromatic N) is 2. The van der Waals surface area contributed by atoms with E-state index in [1.807, 2.05) is 0 Å². The lowest BCUT2D eigenvalue weighted by atomic mass is 10.1. The fourth-order valence-electron chi connectivity index (χ4n) is 2.44. The second kappa shape index (κ2) is 6.65. The molecular formula is C14H21N3O3. The van der Waals surface area contributed by atoms with E-state index < -0.39 is 5.97 Å². The van der Waals surface area contributed by atoms with Crippen LogP contribution in [0.25, 0.3) is 0 Å². The molecule has 0 radical (unpaired) electrons. The summed E-state index contributed by atoms with van der Waals surface area (Å²) in [5.74, 6) is 0.334. The predicted octanol–water partition coefficient (Wildman–Crippen LogP) is 1.53. The highest BCUT2D eigenvalue weighted by Gasteiger charge is 2.25. The average molecular weight is 279 g/mol. The maximum absolute atomic E-state index is 11.6. The van der Waals surface area contributed by atoms with Crippen molar-refractivity contribution < 1.29 is 14.6 Å². The van der Waals surface area contributed by atoms with Crippen molar-refractivity contribution in [2.24, 2.45) is 5.92 Å². The summed E-state index contributed by atoms with van der Waals surface area (Å²) in [5.41, 5.74) is 0.978. The molecule has 6 heteroatoms. The Kier molecular flexibility index (Phi) is 4.89. The molecule has 6 nitrogen and oxygen atoms in total. The Morgan fingerprint density at radius 2 is 2.35 bits per heavy atom. The van der Waals surface area contributed by atoms with E-state index in [1.165, 1.54) is 6.20 Å². The number of esters is 1. The number of nitrogens with one attached hydrogen (secondary N) is 1. The Morgan fingerprint density at radius 3 is 2.95 bits per heavy atom. The van der Waals surface area contributed by atoms with Crippen LogP contribution in [-0.2, 0) is 4.74 Å². The third-order valence-electron chi connectivity index (χ3n) is 3.62. The lowest BCUT2D eigenvalue weighted by molar-refractivity contribution is 0.0524. The van der Waals surface area contributed by atoms with Gasteiger partial charge in [0.2, 0.25) is 5.95 Å². The summed E-state index contributed by atoms with van der Waals surface area (Å²) in [4.78, 5) is 20.0. The quantitative estimate of drug-likeness (QED) is 0.795. The van der Waals surface area contributed by atoms with E-state index in [0.717, 1.165) is 19.3 Å². The molecule has 1 aromatic rings. The zero-order valence-corrected chi connectivity index (χ0v) is 11.9. The summed E-state index contributed by atoms with van der Waals surface area (Å²) in [6.45, 7) is 4.50. The van der Waals surface area contributed by atoms with Gasteiger partial charge in [0.05, 0.1) is 24.0 Å². The minimum Gasteiger partial charge on any atom is -0.462 e. The summed E-state index contributed by atoms with van der Waals surface area (Å²) in [6, 6.07) is 0. The zero-order valence-electron chi connectivity index (χ0n) is 11.9. The summed E-state index contributed by atoms with van der Waals surface area (Å²) >= 11 is 0. The van der Waals surface area contributed by atoms with E-state index in [0.29, 0.717) is 30.4 Å². The SMILES string of the molecule is CCOC(=O)c1cnc(NCC2CCCC2O)nc1C. The van der Waals surface area contributed by atoms with Gasteiger partial charge in [0.15, 0.2) is 0 Å². The molecule has 1 aliphatic carbocycles. The van der Waals surface area contributed by atoms with Crippen LogP contribution >= 0.6 is 0 Å². The van der Waals surface area contributed by atoms with Gasteiger partial charge in [-0.25, -0.2) is 14.8 Å². The van der Waals surface area contributed by atoms with Gasteiger partial charge in [-0.15, -0.1) is 0 Å². The summed E-state index contributed by atoms with van der Waals surface area (Å²) < 4.78 is 4.93. The number of aryl methyl sites for hydroxylation is 1. The highest BCUT2D eigenvalue weighted by atomic mass is 16.5. The number of hydrogen-bond donors (Lipinski definition) is 2. The fourth-order valence-corrected chi connectivity index (χ4v) is 2.44. The molecule has 0 aliphatic heterocycles. The smallest absolute Gasteiger partial charge is 0.341 e. The highest BCUT2D eigenvalue weighted by Crippen LogP contribution is 2.25. The highest BCUT2D eigenvalue weighted by molar-refractivity contribution is 5.90. The van der Waals surface area contributed by atoms with Crippen molar-refractivity contribution in [2.75, 3.05) is 18.5 Å². The standard InChI is InChI=1S/C14H21N3O3/c1-3-20-13(19)11-8-16-14(17-9(11)2)15-7-10-5-4-6-12(10)18/h8,10,12,18H,3-7H2,1-2H3,(H,15,16,17). The third-order valence-corrected chi connectivity index (χ3v) is 3.62. The van der Waals surface area contributed by atoms with Gasteiger partial charge >= 0.3 is 5.97 Å². The maximum Gasteiger partial charge on any atom is 0.341 e. The number of hydrogen-bond acceptors (Lipinski definition) is 6. The van der Waals surface area contributed by atoms with Crippen LogP contribution in [0.1, 0.15) is 42.2 Å². The Bertz CT molecular complexity index is 479. The van der Waals surface area contributed by atoms with Crippen molar-refractivity contribution in [2.45, 2.75) is 39.2 Å². The monoisotopic (exact) mass is 279 g/mol. The molecule has 0 aromatic carbocycles. The number of aliphatic hydroxyl groups excluding tert-OH is 1. The number of anilines is 1. The molecule has 0 amide bonds. The molecule has 0 bridgehead atoms. The van der Waals surface area contributed by atoms with Crippen LogP contribution in [0.15, 0.2) is 6.20 Å². The molecule has 2 rings (SSSR count). The fraction of sp³-hybridized carbons (Fsp3) is 0.643. The van der Waals surface area contributed by atoms with E-state index in [9.17, 15) is 9.90 Å². The van der Waals surface area contributed by atoms with Gasteiger partial charge in [-0.2, -0.15) is 0 Å². The van der Waals surface area contributed by atoms with Crippen LogP contribution in [0.4, 0.5) is 5.95 Å². The second-order valence-corrected chi connectivity index (χ2v) is 5.05. The minimum atomic E-state index is -0.400. The third kappa shape index (κ3) is 3.45. The number of aliphatic hydroxyl groups is 1. The van der Waals surface area contributed by atoms with Crippen LogP contribution < -0.4 is 5.32 Å². The van der Waals surface area contributed by atoms with Crippen molar-refractivity contribution in [3.05, 3.63) is 17.5 Å². The molecule has 0 spiro atoms. The number of carbonyl (C=O) groups is 1. The van der Waals surface area contributed by atoms with E-state index in [-0.39, 0.29) is 12.0 Å². The Labute approximate surface area is 118 Å². The lowest BCUT2D eigenvalue weighted by Crippen LogP contribution is -2.23. The number of carbonyl (C=O) groups excluding carboxylic acids is 1. The van der Waals surface area contributed by atoms with Gasteiger partial charge in [0.25, 0.3) is 0 Å². The summed E-state index contributed by atoms with van der Waals surface area (Å²) in [7, 11) is 0. The normalized spacial score (nSPS) is 21.8. The molecule has 2 unspecified atom stereocenters. The molecule has 2 atom stereocenters. The van der Waals surface area contributed by atoms with Gasteiger partial charge in [0, 0.05) is 18.7 Å². The lowest BCUT2D eigenvalue weighted by Gasteiger charge is -2.15. The molecular weight excluding hydrogens is 258 g/mol. The summed E-state index contributed by atoms with van der Waals surface area (Å²) in [6.07, 6.45) is 4.20. The molecule has 1 aromatic heterocycles. The Hall–Kier alpha value is -1.69. The molecule has 1 aliphatic rings. The molecule has 1 fully saturated rings. The van der Waals surface area contributed by atoms with E-state index >= 15 is 0 Å². The van der Waals surface area contributed by atoms with Gasteiger partial charge in [-0.1, -0.05) is 6.42 Å². The number of rotatable bonds is 5. The van der Waals surface area contributed by atoms with Crippen LogP contribution in [0.5, 0.6) is 0 Å². The van der Waals surface area contributed by atoms with Crippen molar-refractivity contribution in [1.82, 2.24) is 9.97 Å². The largest absolute Gasteiger partial charge is 0.462 e. The average Bonchev–Trinajstić information content (AvgIpc) is 2.82. The first-order valence-corrected chi connectivity index (χ1v) is 7.04. The number of aromatic nitrogens is 2. The molecule has 20 heavy (non-hydrogen) atoms. The Balaban J connectivity index is 1.96. The van der Waals surface area contributed by atoms with E-state index in [1.54, 1.807) is 13.8 Å². The van der Waals surface area contributed by atoms with Crippen LogP contribution in [0.2, 0.25) is 0 Å². The molecule has 2 N–H and O–H groups in total. The van der Waals surface area contributed by atoms with Crippen molar-refractivity contribution >= 4 is 11.9 Å². The molecule has 110 valence electrons. The Morgan fingerprint density at radius 1 is 1.55 bits per heavy atom. The first-order chi connectivity index (χ1) is 9.61. The number of ether oxygens (including phenoxy) is 1. The van der Waals surface area contributed by atoms with Crippen LogP contribution in [0.3, 0.4) is 0 Å². The summed E-state index contributed by atoms with van der Waals surface area (Å²) in [5, 5.41) is 12.9. The van der Waals surface area contributed by atoms with E-state index in [2.05, 4.69) is 15.3 Å². The van der Waals surface area contributed by atoms with Crippen LogP contribution in [0, 0.1) is 12.8 Å². The van der Waals surface area contributed by atoms with Gasteiger partial charge < -0.3 is 15.2 Å². The topological polar surface area (TPSA) is 84.3 Å². The van der Waals surface area contributed by atoms with Gasteiger partial charge in [-0.05, 0) is 26.7 Å². The van der Waals surface area contributed by atoms with Crippen LogP contribution in [-0.4, -0.2) is 40.3 Å². The zero-order chi connectivity index (χ0) is 14.5. The predicted molar refractivity (Wildman–Crippen MR) is 74.6 cm³/mol. The van der Waals surface area contributed by atoms with Gasteiger partial charge in [-0.3, -0.25) is 0 Å². The first kappa shape index (κ1) is 14.7.